The van der Waals surface area contributed by atoms with Gasteiger partial charge in [0.05, 0.1) is 0 Å². The molecular weight excluding hydrogens is 204 g/mol. The summed E-state index contributed by atoms with van der Waals surface area (Å²) in [5.74, 6) is 1.31. The second-order valence-corrected chi connectivity index (χ2v) is 6.74. The highest BCUT2D eigenvalue weighted by Crippen LogP contribution is 2.48. The molecule has 86 valence electrons. The molecule has 0 amide bonds. The molecule has 1 N–H and O–H groups in total. The number of nitrogens with zero attached hydrogens (tertiary/aromatic N) is 1. The molecular formula is C12H22N2S. The zero-order chi connectivity index (χ0) is 10.3. The van der Waals surface area contributed by atoms with Gasteiger partial charge >= 0.3 is 0 Å². The van der Waals surface area contributed by atoms with Gasteiger partial charge in [0, 0.05) is 37.5 Å². The van der Waals surface area contributed by atoms with Gasteiger partial charge in [0.15, 0.2) is 0 Å². The summed E-state index contributed by atoms with van der Waals surface area (Å²) in [5.41, 5.74) is 0.755. The third-order valence-corrected chi connectivity index (χ3v) is 4.73. The van der Waals surface area contributed by atoms with Crippen LogP contribution in [0.1, 0.15) is 25.7 Å². The number of likely N-dealkylation sites (tertiary alicyclic amines) is 1. The van der Waals surface area contributed by atoms with Gasteiger partial charge in [-0.1, -0.05) is 0 Å². The second-order valence-electron chi connectivity index (χ2n) is 5.75. The summed E-state index contributed by atoms with van der Waals surface area (Å²) >= 11 is 1.97. The molecule has 0 bridgehead atoms. The van der Waals surface area contributed by atoms with Gasteiger partial charge in [-0.3, -0.25) is 0 Å². The first-order valence-corrected chi connectivity index (χ1v) is 7.66. The molecule has 1 spiro atoms. The van der Waals surface area contributed by atoms with Gasteiger partial charge in [-0.05, 0) is 37.4 Å². The zero-order valence-corrected chi connectivity index (χ0v) is 10.5. The molecule has 1 heterocycles. The minimum atomic E-state index is 0.755. The van der Waals surface area contributed by atoms with E-state index in [4.69, 9.17) is 0 Å². The van der Waals surface area contributed by atoms with E-state index < -0.39 is 0 Å². The maximum atomic E-state index is 3.75. The predicted molar refractivity (Wildman–Crippen MR) is 66.4 cm³/mol. The van der Waals surface area contributed by atoms with E-state index in [0.717, 1.165) is 17.5 Å². The van der Waals surface area contributed by atoms with Crippen molar-refractivity contribution in [3.8, 4) is 0 Å². The molecule has 0 radical (unpaired) electrons. The van der Waals surface area contributed by atoms with Crippen LogP contribution in [0.4, 0.5) is 0 Å². The van der Waals surface area contributed by atoms with E-state index in [1.807, 2.05) is 11.8 Å². The van der Waals surface area contributed by atoms with Crippen LogP contribution < -0.4 is 5.32 Å². The van der Waals surface area contributed by atoms with Crippen molar-refractivity contribution in [1.82, 2.24) is 10.2 Å². The number of thioether (sulfide) groups is 1. The van der Waals surface area contributed by atoms with Crippen molar-refractivity contribution in [3.05, 3.63) is 0 Å². The van der Waals surface area contributed by atoms with Crippen molar-refractivity contribution >= 4 is 11.8 Å². The largest absolute Gasteiger partial charge is 0.311 e. The Morgan fingerprint density at radius 3 is 2.60 bits per heavy atom. The minimum Gasteiger partial charge on any atom is -0.311 e. The molecule has 0 aromatic rings. The lowest BCUT2D eigenvalue weighted by Crippen LogP contribution is -2.66. The Labute approximate surface area is 97.2 Å². The molecule has 3 heteroatoms. The Balaban J connectivity index is 1.33. The summed E-state index contributed by atoms with van der Waals surface area (Å²) in [7, 11) is 0. The molecule has 1 aliphatic heterocycles. The Morgan fingerprint density at radius 1 is 1.27 bits per heavy atom. The molecule has 2 saturated carbocycles. The Bertz CT molecular complexity index is 226. The van der Waals surface area contributed by atoms with E-state index in [1.165, 1.54) is 51.1 Å². The van der Waals surface area contributed by atoms with Crippen LogP contribution in [-0.4, -0.2) is 48.6 Å². The van der Waals surface area contributed by atoms with E-state index in [9.17, 15) is 0 Å². The molecule has 2 aliphatic carbocycles. The summed E-state index contributed by atoms with van der Waals surface area (Å²) in [4.78, 5) is 2.63. The van der Waals surface area contributed by atoms with Gasteiger partial charge in [0.1, 0.15) is 0 Å². The number of hydrogen-bond acceptors (Lipinski definition) is 3. The summed E-state index contributed by atoms with van der Waals surface area (Å²) in [6.45, 7) is 4.08. The van der Waals surface area contributed by atoms with E-state index in [1.54, 1.807) is 0 Å². The molecule has 0 unspecified atom stereocenters. The summed E-state index contributed by atoms with van der Waals surface area (Å²) < 4.78 is 0. The SMILES string of the molecule is CSCCN1CC2(CC(NC3CC3)C2)C1. The van der Waals surface area contributed by atoms with Crippen molar-refractivity contribution in [2.75, 3.05) is 31.6 Å². The van der Waals surface area contributed by atoms with Crippen molar-refractivity contribution in [2.45, 2.75) is 37.8 Å². The highest BCUT2D eigenvalue weighted by Gasteiger charge is 2.52. The number of hydrogen-bond donors (Lipinski definition) is 1. The molecule has 0 aromatic carbocycles. The van der Waals surface area contributed by atoms with Crippen LogP contribution in [0.15, 0.2) is 0 Å². The monoisotopic (exact) mass is 226 g/mol. The predicted octanol–water partition coefficient (Wildman–Crippen LogP) is 1.57. The highest BCUT2D eigenvalue weighted by atomic mass is 32.2. The molecule has 2 nitrogen and oxygen atoms in total. The van der Waals surface area contributed by atoms with Gasteiger partial charge in [0.25, 0.3) is 0 Å². The average molecular weight is 226 g/mol. The van der Waals surface area contributed by atoms with Crippen molar-refractivity contribution in [1.29, 1.82) is 0 Å². The van der Waals surface area contributed by atoms with Crippen molar-refractivity contribution < 1.29 is 0 Å². The Kier molecular flexibility index (Phi) is 2.74. The standard InChI is InChI=1S/C12H22N2S/c1-15-5-4-14-8-12(9-14)6-11(7-12)13-10-2-3-10/h10-11,13H,2-9H2,1H3. The van der Waals surface area contributed by atoms with Crippen LogP contribution >= 0.6 is 11.8 Å². The molecule has 0 aromatic heterocycles. The van der Waals surface area contributed by atoms with Gasteiger partial charge in [-0.2, -0.15) is 11.8 Å². The molecule has 1 saturated heterocycles. The fourth-order valence-corrected chi connectivity index (χ4v) is 3.67. The van der Waals surface area contributed by atoms with E-state index in [0.29, 0.717) is 0 Å². The normalized spacial score (nSPS) is 30.2. The average Bonchev–Trinajstić information content (AvgIpc) is 2.88. The maximum absolute atomic E-state index is 3.75. The highest BCUT2D eigenvalue weighted by molar-refractivity contribution is 7.98. The molecule has 0 atom stereocenters. The van der Waals surface area contributed by atoms with Crippen LogP contribution in [0.2, 0.25) is 0 Å². The fraction of sp³-hybridized carbons (Fsp3) is 1.00. The third-order valence-electron chi connectivity index (χ3n) is 4.14. The third kappa shape index (κ3) is 2.20. The summed E-state index contributed by atoms with van der Waals surface area (Å²) in [6.07, 6.45) is 7.99. The lowest BCUT2D eigenvalue weighted by atomic mass is 9.60. The van der Waals surface area contributed by atoms with E-state index >= 15 is 0 Å². The van der Waals surface area contributed by atoms with Gasteiger partial charge in [0.2, 0.25) is 0 Å². The fourth-order valence-electron chi connectivity index (χ4n) is 3.23. The Hall–Kier alpha value is 0.270. The number of rotatable bonds is 5. The van der Waals surface area contributed by atoms with E-state index in [-0.39, 0.29) is 0 Å². The second kappa shape index (κ2) is 3.94. The lowest BCUT2D eigenvalue weighted by Gasteiger charge is -2.59. The van der Waals surface area contributed by atoms with Gasteiger partial charge in [-0.15, -0.1) is 0 Å². The topological polar surface area (TPSA) is 15.3 Å². The zero-order valence-electron chi connectivity index (χ0n) is 9.67. The molecule has 3 rings (SSSR count). The first-order chi connectivity index (χ1) is 7.30. The van der Waals surface area contributed by atoms with Crippen LogP contribution in [0.3, 0.4) is 0 Å². The molecule has 3 fully saturated rings. The molecule has 15 heavy (non-hydrogen) atoms. The summed E-state index contributed by atoms with van der Waals surface area (Å²) in [6, 6.07) is 1.78. The maximum Gasteiger partial charge on any atom is 0.00821 e. The number of nitrogens with one attached hydrogen (secondary N) is 1. The molecule has 3 aliphatic rings. The van der Waals surface area contributed by atoms with Crippen LogP contribution in [-0.2, 0) is 0 Å². The van der Waals surface area contributed by atoms with Crippen LogP contribution in [0.25, 0.3) is 0 Å². The first kappa shape index (κ1) is 10.4. The van der Waals surface area contributed by atoms with Gasteiger partial charge in [-0.25, -0.2) is 0 Å². The van der Waals surface area contributed by atoms with Crippen molar-refractivity contribution in [2.24, 2.45) is 5.41 Å². The minimum absolute atomic E-state index is 0.755. The van der Waals surface area contributed by atoms with Crippen LogP contribution in [0, 0.1) is 5.41 Å². The van der Waals surface area contributed by atoms with Gasteiger partial charge < -0.3 is 10.2 Å². The Morgan fingerprint density at radius 2 is 2.00 bits per heavy atom. The quantitative estimate of drug-likeness (QED) is 0.766. The van der Waals surface area contributed by atoms with Crippen molar-refractivity contribution in [3.63, 3.8) is 0 Å². The van der Waals surface area contributed by atoms with E-state index in [2.05, 4.69) is 16.5 Å². The summed E-state index contributed by atoms with van der Waals surface area (Å²) in [5, 5.41) is 3.75. The lowest BCUT2D eigenvalue weighted by molar-refractivity contribution is -0.0755. The smallest absolute Gasteiger partial charge is 0.00821 e. The first-order valence-electron chi connectivity index (χ1n) is 6.27. The van der Waals surface area contributed by atoms with Crippen LogP contribution in [0.5, 0.6) is 0 Å².